The minimum absolute atomic E-state index is 0.0289. The smallest absolute Gasteiger partial charge is 0.203 e. The molecule has 0 N–H and O–H groups in total. The fourth-order valence-corrected chi connectivity index (χ4v) is 2.10. The molecule has 0 unspecified atom stereocenters. The third-order valence-electron chi connectivity index (χ3n) is 3.43. The molecule has 1 heterocycles. The van der Waals surface area contributed by atoms with Gasteiger partial charge in [-0.15, -0.1) is 0 Å². The van der Waals surface area contributed by atoms with Crippen molar-refractivity contribution in [2.45, 2.75) is 33.1 Å². The van der Waals surface area contributed by atoms with Crippen LogP contribution in [0, 0.1) is 18.3 Å². The molecule has 3 heteroatoms. The van der Waals surface area contributed by atoms with Crippen LogP contribution in [-0.4, -0.2) is 5.78 Å². The van der Waals surface area contributed by atoms with E-state index in [4.69, 9.17) is 4.42 Å². The van der Waals surface area contributed by atoms with Crippen LogP contribution in [0.2, 0.25) is 0 Å². The molecule has 0 aliphatic carbocycles. The molecule has 112 valence electrons. The Morgan fingerprint density at radius 3 is 2.23 bits per heavy atom. The average Bonchev–Trinajstić information content (AvgIpc) is 2.88. The van der Waals surface area contributed by atoms with E-state index in [9.17, 15) is 10.1 Å². The van der Waals surface area contributed by atoms with Crippen molar-refractivity contribution in [3.05, 3.63) is 64.6 Å². The molecule has 0 aliphatic rings. The Balaban J connectivity index is 2.30. The highest BCUT2D eigenvalue weighted by atomic mass is 16.3. The summed E-state index contributed by atoms with van der Waals surface area (Å²) < 4.78 is 5.39. The number of nitriles is 1. The van der Waals surface area contributed by atoms with Crippen molar-refractivity contribution in [3.8, 4) is 6.07 Å². The first-order valence-corrected chi connectivity index (χ1v) is 7.15. The van der Waals surface area contributed by atoms with Crippen LogP contribution < -0.4 is 0 Å². The molecule has 0 bridgehead atoms. The first-order valence-electron chi connectivity index (χ1n) is 7.15. The molecule has 0 radical (unpaired) electrons. The molecule has 22 heavy (non-hydrogen) atoms. The number of rotatable bonds is 3. The average molecular weight is 293 g/mol. The fourth-order valence-electron chi connectivity index (χ4n) is 2.10. The fraction of sp³-hybridized carbons (Fsp3) is 0.263. The molecule has 2 rings (SSSR count). The predicted molar refractivity (Wildman–Crippen MR) is 86.5 cm³/mol. The van der Waals surface area contributed by atoms with E-state index >= 15 is 0 Å². The lowest BCUT2D eigenvalue weighted by atomic mass is 9.86. The highest BCUT2D eigenvalue weighted by Gasteiger charge is 2.16. The van der Waals surface area contributed by atoms with Crippen molar-refractivity contribution >= 4 is 11.9 Å². The number of nitrogens with zero attached hydrogens (tertiary/aromatic N) is 1. The molecular formula is C19H19NO2. The van der Waals surface area contributed by atoms with Crippen molar-refractivity contribution in [2.75, 3.05) is 0 Å². The van der Waals surface area contributed by atoms with E-state index in [1.54, 1.807) is 24.3 Å². The largest absolute Gasteiger partial charge is 0.462 e. The zero-order valence-corrected chi connectivity index (χ0v) is 13.3. The van der Waals surface area contributed by atoms with E-state index in [2.05, 4.69) is 20.8 Å². The van der Waals surface area contributed by atoms with Gasteiger partial charge in [-0.25, -0.2) is 0 Å². The Labute approximate surface area is 130 Å². The lowest BCUT2D eigenvalue weighted by Gasteiger charge is -2.18. The second-order valence-corrected chi connectivity index (χ2v) is 6.27. The van der Waals surface area contributed by atoms with Crippen molar-refractivity contribution in [2.24, 2.45) is 0 Å². The first kappa shape index (κ1) is 15.8. The second-order valence-electron chi connectivity index (χ2n) is 6.27. The van der Waals surface area contributed by atoms with Gasteiger partial charge in [0.15, 0.2) is 0 Å². The Kier molecular flexibility index (Phi) is 4.32. The van der Waals surface area contributed by atoms with Crippen molar-refractivity contribution in [1.29, 1.82) is 5.26 Å². The van der Waals surface area contributed by atoms with Crippen LogP contribution in [0.25, 0.3) is 6.08 Å². The molecular weight excluding hydrogens is 274 g/mol. The van der Waals surface area contributed by atoms with Gasteiger partial charge in [0.2, 0.25) is 5.78 Å². The SMILES string of the molecule is Cc1ccc(/C=C(\C#N)C(=O)c2ccc(C(C)(C)C)cc2)o1. The van der Waals surface area contributed by atoms with Gasteiger partial charge in [-0.1, -0.05) is 45.0 Å². The third kappa shape index (κ3) is 3.53. The van der Waals surface area contributed by atoms with E-state index < -0.39 is 0 Å². The molecule has 3 nitrogen and oxygen atoms in total. The lowest BCUT2D eigenvalue weighted by Crippen LogP contribution is -2.11. The maximum absolute atomic E-state index is 12.4. The van der Waals surface area contributed by atoms with Gasteiger partial charge in [-0.2, -0.15) is 5.26 Å². The number of carbonyl (C=O) groups is 1. The summed E-state index contributed by atoms with van der Waals surface area (Å²) in [7, 11) is 0. The Morgan fingerprint density at radius 2 is 1.77 bits per heavy atom. The highest BCUT2D eigenvalue weighted by Crippen LogP contribution is 2.23. The Hall–Kier alpha value is -2.60. The molecule has 0 saturated carbocycles. The Bertz CT molecular complexity index is 750. The lowest BCUT2D eigenvalue weighted by molar-refractivity contribution is 0.104. The Morgan fingerprint density at radius 1 is 1.14 bits per heavy atom. The molecule has 1 aromatic heterocycles. The number of allylic oxidation sites excluding steroid dienone is 1. The number of aryl methyl sites for hydroxylation is 1. The summed E-state index contributed by atoms with van der Waals surface area (Å²) in [6.07, 6.45) is 1.48. The normalized spacial score (nSPS) is 12.0. The van der Waals surface area contributed by atoms with Crippen LogP contribution in [0.1, 0.15) is 48.2 Å². The van der Waals surface area contributed by atoms with Gasteiger partial charge in [0.25, 0.3) is 0 Å². The molecule has 1 aromatic carbocycles. The second kappa shape index (κ2) is 6.03. The van der Waals surface area contributed by atoms with Gasteiger partial charge < -0.3 is 4.42 Å². The predicted octanol–water partition coefficient (Wildman–Crippen LogP) is 4.68. The van der Waals surface area contributed by atoms with Crippen LogP contribution in [-0.2, 0) is 5.41 Å². The number of furan rings is 1. The molecule has 0 spiro atoms. The highest BCUT2D eigenvalue weighted by molar-refractivity contribution is 6.13. The number of hydrogen-bond donors (Lipinski definition) is 0. The van der Waals surface area contributed by atoms with Crippen molar-refractivity contribution in [1.82, 2.24) is 0 Å². The van der Waals surface area contributed by atoms with Gasteiger partial charge in [0.1, 0.15) is 23.2 Å². The third-order valence-corrected chi connectivity index (χ3v) is 3.43. The zero-order chi connectivity index (χ0) is 16.3. The number of Topliss-reactive ketones (excluding diaryl/α,β-unsaturated/α-hetero) is 1. The van der Waals surface area contributed by atoms with Crippen molar-refractivity contribution in [3.63, 3.8) is 0 Å². The molecule has 0 amide bonds. The van der Waals surface area contributed by atoms with Crippen LogP contribution in [0.3, 0.4) is 0 Å². The summed E-state index contributed by atoms with van der Waals surface area (Å²) in [5, 5.41) is 9.23. The minimum Gasteiger partial charge on any atom is -0.462 e. The van der Waals surface area contributed by atoms with Crippen LogP contribution >= 0.6 is 0 Å². The maximum atomic E-state index is 12.4. The summed E-state index contributed by atoms with van der Waals surface area (Å²) in [4.78, 5) is 12.4. The van der Waals surface area contributed by atoms with Crippen LogP contribution in [0.5, 0.6) is 0 Å². The van der Waals surface area contributed by atoms with E-state index in [1.165, 1.54) is 6.08 Å². The quantitative estimate of drug-likeness (QED) is 0.469. The van der Waals surface area contributed by atoms with E-state index in [0.29, 0.717) is 11.3 Å². The van der Waals surface area contributed by atoms with E-state index in [0.717, 1.165) is 11.3 Å². The molecule has 0 aliphatic heterocycles. The van der Waals surface area contributed by atoms with Gasteiger partial charge in [-0.3, -0.25) is 4.79 Å². The van der Waals surface area contributed by atoms with Gasteiger partial charge >= 0.3 is 0 Å². The first-order chi connectivity index (χ1) is 10.3. The van der Waals surface area contributed by atoms with Gasteiger partial charge in [-0.05, 0) is 30.0 Å². The molecule has 0 fully saturated rings. The van der Waals surface area contributed by atoms with Crippen LogP contribution in [0.4, 0.5) is 0 Å². The number of ketones is 1. The topological polar surface area (TPSA) is 54.0 Å². The minimum atomic E-state index is -0.294. The maximum Gasteiger partial charge on any atom is 0.203 e. The molecule has 0 atom stereocenters. The summed E-state index contributed by atoms with van der Waals surface area (Å²) in [5.41, 5.74) is 1.75. The molecule has 2 aromatic rings. The summed E-state index contributed by atoms with van der Waals surface area (Å²) >= 11 is 0. The van der Waals surface area contributed by atoms with Gasteiger partial charge in [0, 0.05) is 11.6 Å². The molecule has 0 saturated heterocycles. The summed E-state index contributed by atoms with van der Waals surface area (Å²) in [6.45, 7) is 8.16. The van der Waals surface area contributed by atoms with E-state index in [-0.39, 0.29) is 16.8 Å². The number of benzene rings is 1. The van der Waals surface area contributed by atoms with Gasteiger partial charge in [0.05, 0.1) is 0 Å². The number of hydrogen-bond acceptors (Lipinski definition) is 3. The van der Waals surface area contributed by atoms with Crippen molar-refractivity contribution < 1.29 is 9.21 Å². The van der Waals surface area contributed by atoms with E-state index in [1.807, 2.05) is 25.1 Å². The van der Waals surface area contributed by atoms with Crippen LogP contribution in [0.15, 0.2) is 46.4 Å². The standard InChI is InChI=1S/C19H19NO2/c1-13-5-10-17(22-13)11-15(12-20)18(21)14-6-8-16(9-7-14)19(2,3)4/h5-11H,1-4H3/b15-11+. The summed E-state index contributed by atoms with van der Waals surface area (Å²) in [5.74, 6) is 0.955. The number of carbonyl (C=O) groups excluding carboxylic acids is 1. The zero-order valence-electron chi connectivity index (χ0n) is 13.3. The monoisotopic (exact) mass is 293 g/mol. The summed E-state index contributed by atoms with van der Waals surface area (Å²) in [6, 6.07) is 12.9.